The van der Waals surface area contributed by atoms with E-state index in [2.05, 4.69) is 21.9 Å². The van der Waals surface area contributed by atoms with Gasteiger partial charge in [0.1, 0.15) is 11.5 Å². The smallest absolute Gasteiger partial charge is 0.191 e. The minimum absolute atomic E-state index is 0.668. The first-order chi connectivity index (χ1) is 10.3. The van der Waals surface area contributed by atoms with E-state index < -0.39 is 0 Å². The third kappa shape index (κ3) is 7.70. The van der Waals surface area contributed by atoms with Gasteiger partial charge in [-0.1, -0.05) is 0 Å². The molecule has 1 rings (SSSR count). The van der Waals surface area contributed by atoms with Crippen LogP contribution >= 0.6 is 11.8 Å². The first-order valence-corrected chi connectivity index (χ1v) is 8.40. The maximum Gasteiger partial charge on any atom is 0.191 e. The third-order valence-electron chi connectivity index (χ3n) is 2.76. The van der Waals surface area contributed by atoms with Crippen LogP contribution in [0.3, 0.4) is 0 Å². The van der Waals surface area contributed by atoms with Crippen molar-refractivity contribution in [2.24, 2.45) is 4.99 Å². The molecule has 0 atom stereocenters. The minimum Gasteiger partial charge on any atom is -0.497 e. The summed E-state index contributed by atoms with van der Waals surface area (Å²) >= 11 is 1.81. The van der Waals surface area contributed by atoms with E-state index in [1.54, 1.807) is 14.2 Å². The van der Waals surface area contributed by atoms with Crippen LogP contribution in [0.4, 0.5) is 0 Å². The van der Waals surface area contributed by atoms with Crippen molar-refractivity contribution in [3.8, 4) is 11.5 Å². The van der Waals surface area contributed by atoms with Gasteiger partial charge >= 0.3 is 0 Å². The van der Waals surface area contributed by atoms with E-state index in [9.17, 15) is 0 Å². The number of hydrogen-bond acceptors (Lipinski definition) is 4. The van der Waals surface area contributed by atoms with E-state index in [1.807, 2.05) is 36.0 Å². The van der Waals surface area contributed by atoms with Crippen LogP contribution in [0.1, 0.15) is 6.42 Å². The van der Waals surface area contributed by atoms with Gasteiger partial charge in [-0.15, -0.1) is 0 Å². The lowest BCUT2D eigenvalue weighted by molar-refractivity contribution is 0.310. The minimum atomic E-state index is 0.668. The Morgan fingerprint density at radius 1 is 1.14 bits per heavy atom. The Morgan fingerprint density at radius 3 is 2.43 bits per heavy atom. The normalized spacial score (nSPS) is 11.1. The molecule has 118 valence electrons. The maximum absolute atomic E-state index is 5.66. The lowest BCUT2D eigenvalue weighted by atomic mass is 10.3. The molecule has 0 saturated carbocycles. The number of benzene rings is 1. The Labute approximate surface area is 131 Å². The van der Waals surface area contributed by atoms with Gasteiger partial charge in [0.15, 0.2) is 5.96 Å². The van der Waals surface area contributed by atoms with Crippen LogP contribution in [0, 0.1) is 0 Å². The van der Waals surface area contributed by atoms with Crippen LogP contribution in [0.5, 0.6) is 11.5 Å². The fraction of sp³-hybridized carbons (Fsp3) is 0.533. The van der Waals surface area contributed by atoms with Gasteiger partial charge < -0.3 is 20.1 Å². The maximum atomic E-state index is 5.66. The molecule has 0 heterocycles. The summed E-state index contributed by atoms with van der Waals surface area (Å²) in [5, 5.41) is 6.52. The number of thioether (sulfide) groups is 1. The van der Waals surface area contributed by atoms with E-state index in [4.69, 9.17) is 9.47 Å². The fourth-order valence-electron chi connectivity index (χ4n) is 1.63. The number of methoxy groups -OCH3 is 1. The van der Waals surface area contributed by atoms with Gasteiger partial charge in [0, 0.05) is 25.9 Å². The Bertz CT molecular complexity index is 410. The first-order valence-electron chi connectivity index (χ1n) is 7.00. The number of hydrogen-bond donors (Lipinski definition) is 2. The van der Waals surface area contributed by atoms with Crippen molar-refractivity contribution in [3.63, 3.8) is 0 Å². The van der Waals surface area contributed by atoms with Crippen molar-refractivity contribution in [3.05, 3.63) is 24.3 Å². The fourth-order valence-corrected chi connectivity index (χ4v) is 1.94. The molecule has 6 heteroatoms. The van der Waals surface area contributed by atoms with E-state index >= 15 is 0 Å². The molecule has 0 spiro atoms. The second kappa shape index (κ2) is 11.1. The van der Waals surface area contributed by atoms with Gasteiger partial charge in [0.25, 0.3) is 0 Å². The van der Waals surface area contributed by atoms with E-state index in [0.717, 1.165) is 42.7 Å². The lowest BCUT2D eigenvalue weighted by Gasteiger charge is -2.11. The average Bonchev–Trinajstić information content (AvgIpc) is 2.53. The van der Waals surface area contributed by atoms with Crippen molar-refractivity contribution < 1.29 is 9.47 Å². The molecule has 0 unspecified atom stereocenters. The second-order valence-corrected chi connectivity index (χ2v) is 5.28. The molecule has 0 amide bonds. The summed E-state index contributed by atoms with van der Waals surface area (Å²) < 4.78 is 10.8. The van der Waals surface area contributed by atoms with E-state index in [1.165, 1.54) is 0 Å². The summed E-state index contributed by atoms with van der Waals surface area (Å²) in [6, 6.07) is 7.61. The highest BCUT2D eigenvalue weighted by molar-refractivity contribution is 7.98. The van der Waals surface area contributed by atoms with Crippen LogP contribution < -0.4 is 20.1 Å². The average molecular weight is 311 g/mol. The molecule has 0 bridgehead atoms. The van der Waals surface area contributed by atoms with E-state index in [-0.39, 0.29) is 0 Å². The summed E-state index contributed by atoms with van der Waals surface area (Å²) in [4.78, 5) is 4.17. The predicted molar refractivity (Wildman–Crippen MR) is 90.9 cm³/mol. The third-order valence-corrected chi connectivity index (χ3v) is 3.38. The second-order valence-electron chi connectivity index (χ2n) is 4.30. The summed E-state index contributed by atoms with van der Waals surface area (Å²) in [7, 11) is 3.43. The molecule has 1 aromatic rings. The van der Waals surface area contributed by atoms with Crippen LogP contribution in [0.15, 0.2) is 29.3 Å². The Hall–Kier alpha value is -1.56. The molecule has 0 saturated heterocycles. The van der Waals surface area contributed by atoms with Crippen molar-refractivity contribution in [1.29, 1.82) is 0 Å². The predicted octanol–water partition coefficient (Wildman–Crippen LogP) is 1.99. The quantitative estimate of drug-likeness (QED) is 0.415. The summed E-state index contributed by atoms with van der Waals surface area (Å²) in [6.07, 6.45) is 3.00. The number of aliphatic imine (C=N–C) groups is 1. The van der Waals surface area contributed by atoms with Crippen LogP contribution in [-0.2, 0) is 0 Å². The number of nitrogens with one attached hydrogen (secondary N) is 2. The highest BCUT2D eigenvalue weighted by Crippen LogP contribution is 2.16. The van der Waals surface area contributed by atoms with Gasteiger partial charge in [-0.05, 0) is 36.9 Å². The molecule has 0 aliphatic rings. The zero-order valence-corrected chi connectivity index (χ0v) is 13.8. The standard InChI is InChI=1S/C15H25N3O2S/c1-16-15(18-10-12-21-3)17-9-4-11-20-14-7-5-13(19-2)6-8-14/h5-8H,4,9-12H2,1-3H3,(H2,16,17,18). The van der Waals surface area contributed by atoms with Crippen molar-refractivity contribution in [2.45, 2.75) is 6.42 Å². The zero-order valence-electron chi connectivity index (χ0n) is 13.0. The van der Waals surface area contributed by atoms with Crippen molar-refractivity contribution in [2.75, 3.05) is 45.9 Å². The summed E-state index contributed by atoms with van der Waals surface area (Å²) in [5.74, 6) is 3.61. The molecule has 0 aliphatic carbocycles. The van der Waals surface area contributed by atoms with Crippen LogP contribution in [0.2, 0.25) is 0 Å². The van der Waals surface area contributed by atoms with Gasteiger partial charge in [-0.2, -0.15) is 11.8 Å². The molecule has 5 nitrogen and oxygen atoms in total. The van der Waals surface area contributed by atoms with E-state index in [0.29, 0.717) is 6.61 Å². The molecule has 21 heavy (non-hydrogen) atoms. The molecule has 0 aromatic heterocycles. The van der Waals surface area contributed by atoms with Crippen LogP contribution in [0.25, 0.3) is 0 Å². The van der Waals surface area contributed by atoms with Crippen LogP contribution in [-0.4, -0.2) is 51.8 Å². The van der Waals surface area contributed by atoms with Crippen molar-refractivity contribution >= 4 is 17.7 Å². The van der Waals surface area contributed by atoms with Crippen molar-refractivity contribution in [1.82, 2.24) is 10.6 Å². The number of guanidine groups is 1. The summed E-state index contributed by atoms with van der Waals surface area (Å²) in [6.45, 7) is 2.42. The zero-order chi connectivity index (χ0) is 15.3. The lowest BCUT2D eigenvalue weighted by Crippen LogP contribution is -2.39. The van der Waals surface area contributed by atoms with Gasteiger partial charge in [0.05, 0.1) is 13.7 Å². The summed E-state index contributed by atoms with van der Waals surface area (Å²) in [5.41, 5.74) is 0. The topological polar surface area (TPSA) is 54.9 Å². The monoisotopic (exact) mass is 311 g/mol. The molecule has 1 aromatic carbocycles. The molecule has 0 radical (unpaired) electrons. The molecule has 0 fully saturated rings. The SMILES string of the molecule is CN=C(NCCCOc1ccc(OC)cc1)NCCSC. The largest absolute Gasteiger partial charge is 0.497 e. The Kier molecular flexibility index (Phi) is 9.28. The van der Waals surface area contributed by atoms with Gasteiger partial charge in [-0.3, -0.25) is 4.99 Å². The van der Waals surface area contributed by atoms with Gasteiger partial charge in [-0.25, -0.2) is 0 Å². The number of ether oxygens (including phenoxy) is 2. The molecular formula is C15H25N3O2S. The highest BCUT2D eigenvalue weighted by Gasteiger charge is 1.97. The number of nitrogens with zero attached hydrogens (tertiary/aromatic N) is 1. The Morgan fingerprint density at radius 2 is 1.81 bits per heavy atom. The Balaban J connectivity index is 2.12. The number of rotatable bonds is 9. The highest BCUT2D eigenvalue weighted by atomic mass is 32.2. The van der Waals surface area contributed by atoms with Gasteiger partial charge in [0.2, 0.25) is 0 Å². The molecule has 2 N–H and O–H groups in total. The first kappa shape index (κ1) is 17.5. The molecular weight excluding hydrogens is 286 g/mol. The molecule has 0 aliphatic heterocycles.